The van der Waals surface area contributed by atoms with E-state index in [0.29, 0.717) is 49.6 Å². The molecule has 0 unspecified atom stereocenters. The number of pyridine rings is 1. The Balaban J connectivity index is 1.33. The number of piperidine rings is 1. The molecule has 2 bridgehead atoms. The van der Waals surface area contributed by atoms with Gasteiger partial charge in [0.15, 0.2) is 5.82 Å². The molecule has 6 heterocycles. The number of methoxy groups -OCH3 is 1. The molecule has 228 valence electrons. The van der Waals surface area contributed by atoms with Crippen molar-refractivity contribution in [2.75, 3.05) is 26.8 Å². The summed E-state index contributed by atoms with van der Waals surface area (Å²) in [4.78, 5) is 25.5. The van der Waals surface area contributed by atoms with E-state index in [0.717, 1.165) is 64.3 Å². The number of benzene rings is 2. The molecule has 1 atom stereocenters. The number of amides is 1. The monoisotopic (exact) mass is 602 g/mol. The number of likely N-dealkylation sites (tertiary alicyclic amines) is 1. The summed E-state index contributed by atoms with van der Waals surface area (Å²) in [5, 5.41) is 5.73. The van der Waals surface area contributed by atoms with Gasteiger partial charge in [-0.2, -0.15) is 5.10 Å². The van der Waals surface area contributed by atoms with E-state index < -0.39 is 0 Å². The van der Waals surface area contributed by atoms with Gasteiger partial charge in [0.05, 0.1) is 37.7 Å². The predicted octanol–water partition coefficient (Wildman–Crippen LogP) is 4.64. The van der Waals surface area contributed by atoms with Crippen LogP contribution >= 0.6 is 0 Å². The van der Waals surface area contributed by atoms with Crippen LogP contribution in [0.4, 0.5) is 0 Å². The maximum Gasteiger partial charge on any atom is 0.254 e. The minimum atomic E-state index is -0.0573. The lowest BCUT2D eigenvalue weighted by atomic mass is 10.0. The van der Waals surface area contributed by atoms with Gasteiger partial charge in [0.25, 0.3) is 5.91 Å². The molecule has 1 saturated heterocycles. The summed E-state index contributed by atoms with van der Waals surface area (Å²) in [5.74, 6) is 2.07. The summed E-state index contributed by atoms with van der Waals surface area (Å²) >= 11 is 0. The molecule has 11 nitrogen and oxygen atoms in total. The van der Waals surface area contributed by atoms with Crippen LogP contribution in [0.3, 0.4) is 0 Å². The Morgan fingerprint density at radius 3 is 2.87 bits per heavy atom. The zero-order chi connectivity index (χ0) is 30.5. The van der Waals surface area contributed by atoms with E-state index in [1.165, 1.54) is 0 Å². The lowest BCUT2D eigenvalue weighted by Crippen LogP contribution is -2.45. The number of rotatable bonds is 2. The number of imidazole rings is 1. The summed E-state index contributed by atoms with van der Waals surface area (Å²) in [6.07, 6.45) is 8.28. The molecule has 2 aliphatic rings. The minimum Gasteiger partial charge on any atom is -0.494 e. The van der Waals surface area contributed by atoms with Gasteiger partial charge < -0.3 is 29.2 Å². The van der Waals surface area contributed by atoms with Gasteiger partial charge in [0.1, 0.15) is 28.4 Å². The van der Waals surface area contributed by atoms with Crippen LogP contribution in [-0.2, 0) is 13.1 Å². The summed E-state index contributed by atoms with van der Waals surface area (Å²) in [7, 11) is 1.64. The number of aryl methyl sites for hydroxylation is 1. The fraction of sp³-hybridized carbons (Fsp3) is 0.294. The fourth-order valence-electron chi connectivity index (χ4n) is 6.66. The van der Waals surface area contributed by atoms with Gasteiger partial charge in [-0.05, 0) is 61.7 Å². The number of nitrogens with zero attached hydrogens (tertiary/aromatic N) is 7. The van der Waals surface area contributed by atoms with Gasteiger partial charge in [-0.3, -0.25) is 4.79 Å². The van der Waals surface area contributed by atoms with Gasteiger partial charge in [0, 0.05) is 54.6 Å². The Bertz CT molecular complexity index is 2060. The van der Waals surface area contributed by atoms with Crippen LogP contribution in [0, 0.1) is 0 Å². The Morgan fingerprint density at radius 1 is 1.07 bits per heavy atom. The SMILES string of the molecule is COc1cc(C(=O)N2CCC[C@@H](N)C2)cc2nc3n(c12)Cc1cnn(c1)-c1ccccc1OCCCn1c-3cc2cccnc21. The first-order chi connectivity index (χ1) is 22.1. The molecule has 0 saturated carbocycles. The number of aromatic nitrogens is 6. The average Bonchev–Trinajstić information content (AvgIpc) is 3.78. The molecule has 2 N–H and O–H groups in total. The zero-order valence-corrected chi connectivity index (χ0v) is 25.1. The molecule has 2 aromatic carbocycles. The predicted molar refractivity (Wildman–Crippen MR) is 171 cm³/mol. The molecule has 0 radical (unpaired) electrons. The van der Waals surface area contributed by atoms with Crippen LogP contribution in [-0.4, -0.2) is 72.5 Å². The third kappa shape index (κ3) is 4.80. The van der Waals surface area contributed by atoms with E-state index in [-0.39, 0.29) is 11.9 Å². The number of para-hydroxylation sites is 2. The highest BCUT2D eigenvalue weighted by molar-refractivity contribution is 6.00. The molecule has 4 aromatic heterocycles. The van der Waals surface area contributed by atoms with E-state index in [4.69, 9.17) is 30.3 Å². The van der Waals surface area contributed by atoms with E-state index in [1.54, 1.807) is 7.11 Å². The maximum atomic E-state index is 13.7. The first-order valence-corrected chi connectivity index (χ1v) is 15.4. The zero-order valence-electron chi connectivity index (χ0n) is 25.1. The van der Waals surface area contributed by atoms with Crippen LogP contribution in [0.5, 0.6) is 11.5 Å². The molecule has 2 aliphatic heterocycles. The third-order valence-electron chi connectivity index (χ3n) is 8.78. The van der Waals surface area contributed by atoms with Crippen molar-refractivity contribution in [1.82, 2.24) is 33.8 Å². The standard InChI is InChI=1S/C34H34N8O3/c1-44-30-17-24(34(43)39-12-5-8-25(35)21-39)15-26-31(30)41-19-22-18-37-42(20-22)27-9-2-3-10-29(27)45-14-6-13-40-28(33(41)38-26)16-23-7-4-11-36-32(23)40/h2-4,7,9-11,15-18,20,25H,5-6,8,12-14,19,21,35H2,1H3/t25-/m1/s1. The number of fused-ring (bicyclic) bond motifs is 11. The largest absolute Gasteiger partial charge is 0.494 e. The molecule has 8 rings (SSSR count). The summed E-state index contributed by atoms with van der Waals surface area (Å²) in [6, 6.07) is 17.8. The van der Waals surface area contributed by atoms with E-state index in [2.05, 4.69) is 21.3 Å². The quantitative estimate of drug-likeness (QED) is 0.307. The summed E-state index contributed by atoms with van der Waals surface area (Å²) < 4.78 is 18.5. The molecule has 0 spiro atoms. The first kappa shape index (κ1) is 27.4. The normalized spacial score (nSPS) is 16.8. The number of carbonyl (C=O) groups is 1. The maximum absolute atomic E-state index is 13.7. The van der Waals surface area contributed by atoms with Gasteiger partial charge in [0.2, 0.25) is 0 Å². The topological polar surface area (TPSA) is 118 Å². The third-order valence-corrected chi connectivity index (χ3v) is 8.78. The molecular weight excluding hydrogens is 568 g/mol. The molecule has 6 aromatic rings. The van der Waals surface area contributed by atoms with Crippen LogP contribution < -0.4 is 15.2 Å². The van der Waals surface area contributed by atoms with Gasteiger partial charge in [-0.15, -0.1) is 0 Å². The van der Waals surface area contributed by atoms with Gasteiger partial charge >= 0.3 is 0 Å². The van der Waals surface area contributed by atoms with Gasteiger partial charge in [-0.25, -0.2) is 14.6 Å². The summed E-state index contributed by atoms with van der Waals surface area (Å²) in [6.45, 7) is 2.92. The van der Waals surface area contributed by atoms with E-state index in [1.807, 2.05) is 70.6 Å². The number of ether oxygens (including phenoxy) is 2. The second-order valence-electron chi connectivity index (χ2n) is 11.8. The van der Waals surface area contributed by atoms with E-state index in [9.17, 15) is 4.79 Å². The second-order valence-corrected chi connectivity index (χ2v) is 11.8. The van der Waals surface area contributed by atoms with Crippen molar-refractivity contribution >= 4 is 28.0 Å². The lowest BCUT2D eigenvalue weighted by Gasteiger charge is -2.30. The highest BCUT2D eigenvalue weighted by atomic mass is 16.5. The van der Waals surface area contributed by atoms with Crippen molar-refractivity contribution in [2.24, 2.45) is 5.73 Å². The Hall–Kier alpha value is -5.16. The van der Waals surface area contributed by atoms with Crippen molar-refractivity contribution in [3.05, 3.63) is 84.3 Å². The van der Waals surface area contributed by atoms with Crippen molar-refractivity contribution in [1.29, 1.82) is 0 Å². The van der Waals surface area contributed by atoms with Crippen molar-refractivity contribution in [3.8, 4) is 28.7 Å². The summed E-state index contributed by atoms with van der Waals surface area (Å²) in [5.41, 5.74) is 11.9. The van der Waals surface area contributed by atoms with Crippen LogP contribution in [0.25, 0.3) is 39.3 Å². The van der Waals surface area contributed by atoms with Crippen molar-refractivity contribution in [2.45, 2.75) is 38.4 Å². The van der Waals surface area contributed by atoms with Crippen LogP contribution in [0.2, 0.25) is 0 Å². The fourth-order valence-corrected chi connectivity index (χ4v) is 6.66. The average molecular weight is 603 g/mol. The second kappa shape index (κ2) is 11.1. The van der Waals surface area contributed by atoms with Crippen LogP contribution in [0.1, 0.15) is 35.2 Å². The van der Waals surface area contributed by atoms with Crippen molar-refractivity contribution < 1.29 is 14.3 Å². The smallest absolute Gasteiger partial charge is 0.254 e. The molecule has 1 amide bonds. The highest BCUT2D eigenvalue weighted by Gasteiger charge is 2.27. The number of nitrogens with two attached hydrogens (primary N) is 1. The van der Waals surface area contributed by atoms with Crippen LogP contribution in [0.15, 0.2) is 73.2 Å². The molecular formula is C34H34N8O3. The minimum absolute atomic E-state index is 0.0102. The number of hydrogen-bond donors (Lipinski definition) is 1. The number of carbonyl (C=O) groups excluding carboxylic acids is 1. The number of hydrogen-bond acceptors (Lipinski definition) is 7. The molecule has 0 aliphatic carbocycles. The molecule has 45 heavy (non-hydrogen) atoms. The Morgan fingerprint density at radius 2 is 1.98 bits per heavy atom. The first-order valence-electron chi connectivity index (χ1n) is 15.4. The Labute approximate surface area is 259 Å². The highest BCUT2D eigenvalue weighted by Crippen LogP contribution is 2.36. The van der Waals surface area contributed by atoms with Gasteiger partial charge in [-0.1, -0.05) is 12.1 Å². The molecule has 11 heteroatoms. The van der Waals surface area contributed by atoms with Crippen molar-refractivity contribution in [3.63, 3.8) is 0 Å². The van der Waals surface area contributed by atoms with E-state index >= 15 is 0 Å². The lowest BCUT2D eigenvalue weighted by molar-refractivity contribution is 0.0708. The Kier molecular flexibility index (Phi) is 6.75. The molecule has 1 fully saturated rings.